The van der Waals surface area contributed by atoms with Crippen molar-refractivity contribution < 1.29 is 14.2 Å². The second-order valence-electron chi connectivity index (χ2n) is 3.82. The Bertz CT molecular complexity index is 347. The average Bonchev–Trinajstić information content (AvgIpc) is 2.38. The normalized spacial score (nSPS) is 9.84. The Morgan fingerprint density at radius 3 is 2.37 bits per heavy atom. The van der Waals surface area contributed by atoms with Crippen LogP contribution >= 0.6 is 12.4 Å². The van der Waals surface area contributed by atoms with Crippen molar-refractivity contribution in [2.24, 2.45) is 0 Å². The lowest BCUT2D eigenvalue weighted by Gasteiger charge is -2.12. The smallest absolute Gasteiger partial charge is 0.161 e. The van der Waals surface area contributed by atoms with Gasteiger partial charge in [0, 0.05) is 20.2 Å². The van der Waals surface area contributed by atoms with Crippen LogP contribution in [0.15, 0.2) is 18.2 Å². The van der Waals surface area contributed by atoms with Crippen LogP contribution in [0.5, 0.6) is 11.5 Å². The van der Waals surface area contributed by atoms with Gasteiger partial charge >= 0.3 is 0 Å². The van der Waals surface area contributed by atoms with Crippen molar-refractivity contribution in [2.45, 2.75) is 20.4 Å². The maximum Gasteiger partial charge on any atom is 0.161 e. The highest BCUT2D eigenvalue weighted by Crippen LogP contribution is 2.28. The maximum absolute atomic E-state index is 5.58. The Morgan fingerprint density at radius 1 is 1.05 bits per heavy atom. The van der Waals surface area contributed by atoms with E-state index in [0.29, 0.717) is 13.2 Å². The van der Waals surface area contributed by atoms with Gasteiger partial charge in [-0.25, -0.2) is 0 Å². The molecule has 0 aromatic heterocycles. The number of hydrogen-bond acceptors (Lipinski definition) is 4. The van der Waals surface area contributed by atoms with Gasteiger partial charge in [-0.15, -0.1) is 12.4 Å². The number of rotatable bonds is 9. The van der Waals surface area contributed by atoms with Crippen LogP contribution in [0, 0.1) is 0 Å². The molecule has 1 aromatic rings. The number of hydrogen-bond donors (Lipinski definition) is 1. The van der Waals surface area contributed by atoms with E-state index in [9.17, 15) is 0 Å². The molecule has 0 heterocycles. The first kappa shape index (κ1) is 18.0. The molecular weight excluding hydrogens is 266 g/mol. The molecule has 0 saturated carbocycles. The van der Waals surface area contributed by atoms with Crippen LogP contribution in [-0.2, 0) is 11.3 Å². The summed E-state index contributed by atoms with van der Waals surface area (Å²) in [5, 5.41) is 3.30. The zero-order valence-electron chi connectivity index (χ0n) is 11.9. The lowest BCUT2D eigenvalue weighted by Crippen LogP contribution is -2.18. The Hall–Kier alpha value is -0.970. The predicted molar refractivity (Wildman–Crippen MR) is 79.6 cm³/mol. The minimum atomic E-state index is 0. The van der Waals surface area contributed by atoms with E-state index in [1.807, 2.05) is 32.0 Å². The zero-order chi connectivity index (χ0) is 13.2. The molecule has 0 aliphatic rings. The number of ether oxygens (including phenoxy) is 3. The van der Waals surface area contributed by atoms with Crippen LogP contribution in [-0.4, -0.2) is 33.5 Å². The Balaban J connectivity index is 0.00000324. The highest BCUT2D eigenvalue weighted by molar-refractivity contribution is 5.85. The van der Waals surface area contributed by atoms with Gasteiger partial charge in [-0.2, -0.15) is 0 Å². The van der Waals surface area contributed by atoms with E-state index in [1.165, 1.54) is 5.56 Å². The van der Waals surface area contributed by atoms with E-state index < -0.39 is 0 Å². The quantitative estimate of drug-likeness (QED) is 0.710. The maximum atomic E-state index is 5.58. The van der Waals surface area contributed by atoms with Crippen LogP contribution < -0.4 is 14.8 Å². The number of halogens is 1. The summed E-state index contributed by atoms with van der Waals surface area (Å²) in [6, 6.07) is 6.03. The largest absolute Gasteiger partial charge is 0.490 e. The minimum Gasteiger partial charge on any atom is -0.490 e. The fourth-order valence-corrected chi connectivity index (χ4v) is 1.61. The molecular formula is C14H24ClNO3. The van der Waals surface area contributed by atoms with Gasteiger partial charge < -0.3 is 19.5 Å². The summed E-state index contributed by atoms with van der Waals surface area (Å²) < 4.78 is 16.1. The molecule has 4 nitrogen and oxygen atoms in total. The number of nitrogens with one attached hydrogen (secondary N) is 1. The summed E-state index contributed by atoms with van der Waals surface area (Å²) >= 11 is 0. The van der Waals surface area contributed by atoms with Crippen LogP contribution in [0.1, 0.15) is 19.4 Å². The molecule has 0 unspecified atom stereocenters. The van der Waals surface area contributed by atoms with Gasteiger partial charge in [-0.1, -0.05) is 6.07 Å². The molecule has 1 N–H and O–H groups in total. The topological polar surface area (TPSA) is 39.7 Å². The van der Waals surface area contributed by atoms with Crippen molar-refractivity contribution in [1.29, 1.82) is 0 Å². The third kappa shape index (κ3) is 6.66. The molecule has 19 heavy (non-hydrogen) atoms. The zero-order valence-corrected chi connectivity index (χ0v) is 12.7. The first-order valence-electron chi connectivity index (χ1n) is 6.40. The Kier molecular flexibility index (Phi) is 10.4. The first-order chi connectivity index (χ1) is 8.81. The third-order valence-electron chi connectivity index (χ3n) is 2.42. The molecule has 5 heteroatoms. The van der Waals surface area contributed by atoms with E-state index >= 15 is 0 Å². The Labute approximate surface area is 121 Å². The SMILES string of the molecule is CCOc1ccc(CNCCOC)cc1OCC.Cl. The van der Waals surface area contributed by atoms with Crippen molar-refractivity contribution in [2.75, 3.05) is 33.5 Å². The summed E-state index contributed by atoms with van der Waals surface area (Å²) in [6.45, 7) is 7.58. The van der Waals surface area contributed by atoms with Gasteiger partial charge in [0.1, 0.15) is 0 Å². The van der Waals surface area contributed by atoms with Crippen molar-refractivity contribution in [3.63, 3.8) is 0 Å². The molecule has 0 radical (unpaired) electrons. The highest BCUT2D eigenvalue weighted by atomic mass is 35.5. The molecule has 0 aliphatic carbocycles. The van der Waals surface area contributed by atoms with Crippen LogP contribution in [0.4, 0.5) is 0 Å². The molecule has 1 aromatic carbocycles. The van der Waals surface area contributed by atoms with Crippen molar-refractivity contribution >= 4 is 12.4 Å². The van der Waals surface area contributed by atoms with Crippen LogP contribution in [0.2, 0.25) is 0 Å². The summed E-state index contributed by atoms with van der Waals surface area (Å²) in [4.78, 5) is 0. The predicted octanol–water partition coefficient (Wildman–Crippen LogP) is 2.64. The fourth-order valence-electron chi connectivity index (χ4n) is 1.61. The van der Waals surface area contributed by atoms with Crippen molar-refractivity contribution in [1.82, 2.24) is 5.32 Å². The van der Waals surface area contributed by atoms with Gasteiger partial charge in [0.05, 0.1) is 19.8 Å². The van der Waals surface area contributed by atoms with E-state index in [-0.39, 0.29) is 12.4 Å². The first-order valence-corrected chi connectivity index (χ1v) is 6.40. The van der Waals surface area contributed by atoms with Crippen molar-refractivity contribution in [3.8, 4) is 11.5 Å². The molecule has 1 rings (SSSR count). The van der Waals surface area contributed by atoms with Gasteiger partial charge in [-0.05, 0) is 31.5 Å². The molecule has 0 atom stereocenters. The average molecular weight is 290 g/mol. The fraction of sp³-hybridized carbons (Fsp3) is 0.571. The number of benzene rings is 1. The Morgan fingerprint density at radius 2 is 1.74 bits per heavy atom. The summed E-state index contributed by atoms with van der Waals surface area (Å²) in [6.07, 6.45) is 0. The monoisotopic (exact) mass is 289 g/mol. The van der Waals surface area contributed by atoms with Crippen LogP contribution in [0.25, 0.3) is 0 Å². The molecule has 0 saturated heterocycles. The van der Waals surface area contributed by atoms with Gasteiger partial charge in [-0.3, -0.25) is 0 Å². The number of methoxy groups -OCH3 is 1. The standard InChI is InChI=1S/C14H23NO3.ClH/c1-4-17-13-7-6-12(10-14(13)18-5-2)11-15-8-9-16-3;/h6-7,10,15H,4-5,8-9,11H2,1-3H3;1H. The summed E-state index contributed by atoms with van der Waals surface area (Å²) in [5.74, 6) is 1.62. The van der Waals surface area contributed by atoms with E-state index in [4.69, 9.17) is 14.2 Å². The van der Waals surface area contributed by atoms with E-state index in [0.717, 1.165) is 31.2 Å². The van der Waals surface area contributed by atoms with Gasteiger partial charge in [0.15, 0.2) is 11.5 Å². The van der Waals surface area contributed by atoms with Gasteiger partial charge in [0.2, 0.25) is 0 Å². The van der Waals surface area contributed by atoms with E-state index in [2.05, 4.69) is 5.32 Å². The summed E-state index contributed by atoms with van der Waals surface area (Å²) in [5.41, 5.74) is 1.18. The van der Waals surface area contributed by atoms with E-state index in [1.54, 1.807) is 7.11 Å². The summed E-state index contributed by atoms with van der Waals surface area (Å²) in [7, 11) is 1.70. The lowest BCUT2D eigenvalue weighted by molar-refractivity contribution is 0.199. The molecule has 0 spiro atoms. The highest BCUT2D eigenvalue weighted by Gasteiger charge is 2.05. The lowest BCUT2D eigenvalue weighted by atomic mass is 10.2. The molecule has 0 aliphatic heterocycles. The molecule has 110 valence electrons. The molecule has 0 amide bonds. The molecule has 0 fully saturated rings. The van der Waals surface area contributed by atoms with Crippen molar-refractivity contribution in [3.05, 3.63) is 23.8 Å². The second kappa shape index (κ2) is 10.9. The third-order valence-corrected chi connectivity index (χ3v) is 2.42. The van der Waals surface area contributed by atoms with Crippen LogP contribution in [0.3, 0.4) is 0 Å². The molecule has 0 bridgehead atoms. The minimum absolute atomic E-state index is 0. The van der Waals surface area contributed by atoms with Gasteiger partial charge in [0.25, 0.3) is 0 Å². The second-order valence-corrected chi connectivity index (χ2v) is 3.82.